The fourth-order valence-corrected chi connectivity index (χ4v) is 3.33. The van der Waals surface area contributed by atoms with Gasteiger partial charge in [0.1, 0.15) is 5.69 Å². The van der Waals surface area contributed by atoms with Crippen LogP contribution in [0, 0.1) is 0 Å². The molecule has 1 amide bonds. The Morgan fingerprint density at radius 2 is 1.70 bits per heavy atom. The minimum atomic E-state index is -0.176. The second-order valence-corrected chi connectivity index (χ2v) is 6.95. The Balaban J connectivity index is 1.78. The highest BCUT2D eigenvalue weighted by atomic mass is 16.1. The molecular formula is C23H21N3O. The topological polar surface area (TPSA) is 54.9 Å². The van der Waals surface area contributed by atoms with Crippen molar-refractivity contribution in [1.29, 1.82) is 0 Å². The maximum atomic E-state index is 12.6. The third-order valence-corrected chi connectivity index (χ3v) is 4.59. The molecule has 4 rings (SSSR count). The lowest BCUT2D eigenvalue weighted by Crippen LogP contribution is -2.17. The highest BCUT2D eigenvalue weighted by Crippen LogP contribution is 2.33. The van der Waals surface area contributed by atoms with E-state index in [4.69, 9.17) is 9.97 Å². The number of allylic oxidation sites excluding steroid dienone is 1. The van der Waals surface area contributed by atoms with Gasteiger partial charge in [0.05, 0.1) is 11.4 Å². The Morgan fingerprint density at radius 3 is 2.48 bits per heavy atom. The van der Waals surface area contributed by atoms with Crippen LogP contribution < -0.4 is 5.32 Å². The average Bonchev–Trinajstić information content (AvgIpc) is 2.68. The summed E-state index contributed by atoms with van der Waals surface area (Å²) < 4.78 is 0. The summed E-state index contributed by atoms with van der Waals surface area (Å²) in [5.41, 5.74) is 6.67. The van der Waals surface area contributed by atoms with E-state index in [0.29, 0.717) is 17.1 Å². The van der Waals surface area contributed by atoms with Crippen molar-refractivity contribution < 1.29 is 4.79 Å². The highest BCUT2D eigenvalue weighted by molar-refractivity contribution is 6.04. The Labute approximate surface area is 159 Å². The number of anilines is 1. The summed E-state index contributed by atoms with van der Waals surface area (Å²) in [6, 6.07) is 17.5. The molecule has 4 nitrogen and oxygen atoms in total. The van der Waals surface area contributed by atoms with Gasteiger partial charge >= 0.3 is 0 Å². The molecule has 2 aromatic carbocycles. The van der Waals surface area contributed by atoms with Crippen LogP contribution >= 0.6 is 0 Å². The average molecular weight is 355 g/mol. The molecule has 1 N–H and O–H groups in total. The van der Waals surface area contributed by atoms with Gasteiger partial charge in [0.25, 0.3) is 5.91 Å². The number of hydrogen-bond donors (Lipinski definition) is 1. The molecule has 3 aromatic rings. The second-order valence-electron chi connectivity index (χ2n) is 6.95. The number of aromatic nitrogens is 2. The van der Waals surface area contributed by atoms with Crippen molar-refractivity contribution in [3.05, 3.63) is 82.7 Å². The molecule has 0 saturated carbocycles. The van der Waals surface area contributed by atoms with E-state index in [1.807, 2.05) is 44.2 Å². The van der Waals surface area contributed by atoms with Gasteiger partial charge in [-0.2, -0.15) is 0 Å². The monoisotopic (exact) mass is 355 g/mol. The van der Waals surface area contributed by atoms with E-state index in [-0.39, 0.29) is 5.91 Å². The molecule has 1 heterocycles. The number of amides is 1. The maximum Gasteiger partial charge on any atom is 0.256 e. The Hall–Kier alpha value is -3.27. The van der Waals surface area contributed by atoms with Crippen LogP contribution in [0.25, 0.3) is 17.3 Å². The normalized spacial score (nSPS) is 11.9. The zero-order valence-corrected chi connectivity index (χ0v) is 15.5. The van der Waals surface area contributed by atoms with Crippen molar-refractivity contribution in [2.75, 3.05) is 5.32 Å². The number of carbonyl (C=O) groups excluding carboxylic acids is 1. The molecule has 0 unspecified atom stereocenters. The number of aryl methyl sites for hydroxylation is 2. The third kappa shape index (κ3) is 3.51. The van der Waals surface area contributed by atoms with Gasteiger partial charge in [0.2, 0.25) is 0 Å². The molecule has 0 aliphatic heterocycles. The summed E-state index contributed by atoms with van der Waals surface area (Å²) in [6.45, 7) is 4.02. The fraction of sp³-hybridized carbons (Fsp3) is 0.174. The van der Waals surface area contributed by atoms with Gasteiger partial charge in [-0.3, -0.25) is 4.79 Å². The molecule has 0 radical (unpaired) electrons. The first kappa shape index (κ1) is 17.2. The summed E-state index contributed by atoms with van der Waals surface area (Å²) in [5.74, 6) is 0.340. The molecule has 0 bridgehead atoms. The lowest BCUT2D eigenvalue weighted by molar-refractivity contribution is 0.102. The molecule has 27 heavy (non-hydrogen) atoms. The van der Waals surface area contributed by atoms with E-state index in [1.165, 1.54) is 5.56 Å². The van der Waals surface area contributed by atoms with Gasteiger partial charge in [0.15, 0.2) is 5.82 Å². The minimum absolute atomic E-state index is 0.176. The molecule has 1 aliphatic rings. The van der Waals surface area contributed by atoms with E-state index in [2.05, 4.69) is 23.5 Å². The lowest BCUT2D eigenvalue weighted by atomic mass is 9.92. The van der Waals surface area contributed by atoms with E-state index in [9.17, 15) is 4.79 Å². The second kappa shape index (κ2) is 7.16. The zero-order chi connectivity index (χ0) is 18.8. The molecular weight excluding hydrogens is 334 g/mol. The summed E-state index contributed by atoms with van der Waals surface area (Å²) in [5, 5.41) is 2.95. The first-order chi connectivity index (χ1) is 13.1. The fourth-order valence-electron chi connectivity index (χ4n) is 3.33. The van der Waals surface area contributed by atoms with E-state index in [0.717, 1.165) is 35.4 Å². The molecule has 1 aromatic heterocycles. The molecule has 0 atom stereocenters. The third-order valence-electron chi connectivity index (χ3n) is 4.59. The van der Waals surface area contributed by atoms with E-state index in [1.54, 1.807) is 12.1 Å². The van der Waals surface area contributed by atoms with Gasteiger partial charge in [0, 0.05) is 11.1 Å². The van der Waals surface area contributed by atoms with E-state index >= 15 is 0 Å². The summed E-state index contributed by atoms with van der Waals surface area (Å²) in [6.07, 6.45) is 3.72. The van der Waals surface area contributed by atoms with Crippen molar-refractivity contribution in [2.45, 2.75) is 26.7 Å². The largest absolute Gasteiger partial charge is 0.305 e. The zero-order valence-electron chi connectivity index (χ0n) is 15.5. The van der Waals surface area contributed by atoms with Crippen LogP contribution in [0.3, 0.4) is 0 Å². The molecule has 4 heteroatoms. The van der Waals surface area contributed by atoms with Crippen molar-refractivity contribution >= 4 is 17.8 Å². The SMILES string of the molecule is CC(C)=Cc1nc2c(nc1NC(=O)c1ccccc1)CCc1ccccc1-2. The first-order valence-electron chi connectivity index (χ1n) is 9.12. The standard InChI is InChI=1S/C23H21N3O/c1-15(2)14-20-22(26-23(27)17-9-4-3-5-10-17)25-19-13-12-16-8-6-7-11-18(16)21(19)24-20/h3-11,14H,12-13H2,1-2H3,(H,25,26,27). The van der Waals surface area contributed by atoms with Gasteiger partial charge in [-0.1, -0.05) is 48.0 Å². The molecule has 0 spiro atoms. The maximum absolute atomic E-state index is 12.6. The van der Waals surface area contributed by atoms with Crippen LogP contribution in [0.4, 0.5) is 5.82 Å². The van der Waals surface area contributed by atoms with Gasteiger partial charge in [-0.25, -0.2) is 9.97 Å². The van der Waals surface area contributed by atoms with Crippen LogP contribution in [0.1, 0.15) is 41.2 Å². The summed E-state index contributed by atoms with van der Waals surface area (Å²) in [7, 11) is 0. The summed E-state index contributed by atoms with van der Waals surface area (Å²) in [4.78, 5) is 22.3. The number of fused-ring (bicyclic) bond motifs is 3. The van der Waals surface area contributed by atoms with Gasteiger partial charge < -0.3 is 5.32 Å². The highest BCUT2D eigenvalue weighted by Gasteiger charge is 2.21. The minimum Gasteiger partial charge on any atom is -0.305 e. The van der Waals surface area contributed by atoms with Gasteiger partial charge in [-0.15, -0.1) is 0 Å². The lowest BCUT2D eigenvalue weighted by Gasteiger charge is -2.20. The number of nitrogens with one attached hydrogen (secondary N) is 1. The quantitative estimate of drug-likeness (QED) is 0.726. The van der Waals surface area contributed by atoms with Gasteiger partial charge in [-0.05, 0) is 50.5 Å². The van der Waals surface area contributed by atoms with Crippen molar-refractivity contribution in [2.24, 2.45) is 0 Å². The number of rotatable bonds is 3. The smallest absolute Gasteiger partial charge is 0.256 e. The van der Waals surface area contributed by atoms with Crippen LogP contribution in [0.2, 0.25) is 0 Å². The molecule has 1 aliphatic carbocycles. The Bertz CT molecular complexity index is 1030. The Kier molecular flexibility index (Phi) is 4.55. The van der Waals surface area contributed by atoms with Crippen LogP contribution in [-0.4, -0.2) is 15.9 Å². The van der Waals surface area contributed by atoms with Crippen molar-refractivity contribution in [1.82, 2.24) is 9.97 Å². The van der Waals surface area contributed by atoms with Crippen molar-refractivity contribution in [3.8, 4) is 11.3 Å². The number of hydrogen-bond acceptors (Lipinski definition) is 3. The van der Waals surface area contributed by atoms with Crippen LogP contribution in [0.15, 0.2) is 60.2 Å². The summed E-state index contributed by atoms with van der Waals surface area (Å²) >= 11 is 0. The molecule has 0 saturated heterocycles. The van der Waals surface area contributed by atoms with E-state index < -0.39 is 0 Å². The van der Waals surface area contributed by atoms with Crippen LogP contribution in [0.5, 0.6) is 0 Å². The number of carbonyl (C=O) groups is 1. The molecule has 0 fully saturated rings. The predicted octanol–water partition coefficient (Wildman–Crippen LogP) is 4.92. The number of benzene rings is 2. The predicted molar refractivity (Wildman–Crippen MR) is 109 cm³/mol. The first-order valence-corrected chi connectivity index (χ1v) is 9.12. The van der Waals surface area contributed by atoms with Crippen LogP contribution in [-0.2, 0) is 12.8 Å². The van der Waals surface area contributed by atoms with Crippen molar-refractivity contribution in [3.63, 3.8) is 0 Å². The number of nitrogens with zero attached hydrogens (tertiary/aromatic N) is 2. The Morgan fingerprint density at radius 1 is 0.963 bits per heavy atom. The molecule has 134 valence electrons.